The molecule has 0 saturated carbocycles. The fraction of sp³-hybridized carbons (Fsp3) is 0.556. The standard InChI is InChI=1S/C18H25N5O3/c1-12(2)8-13-10-22(7-6-18(13,3)26)17(25)15-9-14(4-5-16(15)24)23-11-19-20-21-23/h4-5,9,11-13,24,26H,6-8,10H2,1-3H3/t13-,18+/m0/s1. The van der Waals surface area contributed by atoms with Gasteiger partial charge in [0, 0.05) is 19.0 Å². The zero-order valence-electron chi connectivity index (χ0n) is 15.3. The number of carbonyl (C=O) groups excluding carboxylic acids is 1. The summed E-state index contributed by atoms with van der Waals surface area (Å²) in [6.45, 7) is 6.99. The Balaban J connectivity index is 1.84. The third-order valence-electron chi connectivity index (χ3n) is 5.08. The van der Waals surface area contributed by atoms with Crippen molar-refractivity contribution < 1.29 is 15.0 Å². The Morgan fingerprint density at radius 3 is 2.85 bits per heavy atom. The van der Waals surface area contributed by atoms with Crippen LogP contribution in [-0.2, 0) is 0 Å². The molecule has 8 nitrogen and oxygen atoms in total. The molecule has 0 spiro atoms. The first-order chi connectivity index (χ1) is 12.3. The van der Waals surface area contributed by atoms with Gasteiger partial charge in [0.15, 0.2) is 0 Å². The van der Waals surface area contributed by atoms with E-state index in [0.29, 0.717) is 31.1 Å². The molecule has 1 amide bonds. The van der Waals surface area contributed by atoms with Crippen molar-refractivity contribution in [3.8, 4) is 11.4 Å². The third kappa shape index (κ3) is 3.70. The van der Waals surface area contributed by atoms with E-state index in [1.165, 1.54) is 17.1 Å². The van der Waals surface area contributed by atoms with Crippen molar-refractivity contribution in [1.82, 2.24) is 25.1 Å². The first-order valence-corrected chi connectivity index (χ1v) is 8.86. The molecule has 0 radical (unpaired) electrons. The number of piperidine rings is 1. The van der Waals surface area contributed by atoms with Crippen LogP contribution < -0.4 is 0 Å². The van der Waals surface area contributed by atoms with Crippen LogP contribution >= 0.6 is 0 Å². The van der Waals surface area contributed by atoms with E-state index in [4.69, 9.17) is 0 Å². The van der Waals surface area contributed by atoms with Crippen LogP contribution in [-0.4, -0.2) is 59.9 Å². The van der Waals surface area contributed by atoms with E-state index < -0.39 is 5.60 Å². The Morgan fingerprint density at radius 2 is 2.19 bits per heavy atom. The summed E-state index contributed by atoms with van der Waals surface area (Å²) >= 11 is 0. The number of hydrogen-bond acceptors (Lipinski definition) is 6. The Bertz CT molecular complexity index is 773. The summed E-state index contributed by atoms with van der Waals surface area (Å²) in [6.07, 6.45) is 2.79. The molecule has 3 rings (SSSR count). The molecule has 0 bridgehead atoms. The van der Waals surface area contributed by atoms with E-state index in [0.717, 1.165) is 6.42 Å². The molecule has 1 aliphatic rings. The van der Waals surface area contributed by atoms with E-state index in [2.05, 4.69) is 29.4 Å². The van der Waals surface area contributed by atoms with Gasteiger partial charge in [0.2, 0.25) is 0 Å². The number of rotatable bonds is 4. The molecule has 0 aliphatic carbocycles. The SMILES string of the molecule is CC(C)C[C@H]1CN(C(=O)c2cc(-n3cnnn3)ccc2O)CC[C@@]1(C)O. The molecule has 0 unspecified atom stereocenters. The van der Waals surface area contributed by atoms with Crippen LogP contribution in [0.4, 0.5) is 0 Å². The predicted molar refractivity (Wildman–Crippen MR) is 94.9 cm³/mol. The fourth-order valence-electron chi connectivity index (χ4n) is 3.49. The molecule has 140 valence electrons. The van der Waals surface area contributed by atoms with Gasteiger partial charge >= 0.3 is 0 Å². The summed E-state index contributed by atoms with van der Waals surface area (Å²) in [5, 5.41) is 31.8. The Kier molecular flexibility index (Phi) is 4.95. The van der Waals surface area contributed by atoms with Crippen LogP contribution in [0.5, 0.6) is 5.75 Å². The number of tetrazole rings is 1. The van der Waals surface area contributed by atoms with Crippen molar-refractivity contribution in [3.63, 3.8) is 0 Å². The molecule has 8 heteroatoms. The van der Waals surface area contributed by atoms with Gasteiger partial charge in [0.05, 0.1) is 16.9 Å². The molecule has 1 aromatic carbocycles. The van der Waals surface area contributed by atoms with Gasteiger partial charge in [-0.3, -0.25) is 4.79 Å². The third-order valence-corrected chi connectivity index (χ3v) is 5.08. The molecular formula is C18H25N5O3. The number of aromatic nitrogens is 4. The average molecular weight is 359 g/mol. The van der Waals surface area contributed by atoms with Gasteiger partial charge in [-0.25, -0.2) is 4.68 Å². The Morgan fingerprint density at radius 1 is 1.42 bits per heavy atom. The van der Waals surface area contributed by atoms with E-state index in [1.807, 2.05) is 6.92 Å². The molecule has 26 heavy (non-hydrogen) atoms. The second kappa shape index (κ2) is 7.03. The molecule has 2 aromatic rings. The van der Waals surface area contributed by atoms with Crippen LogP contribution in [0.25, 0.3) is 5.69 Å². The van der Waals surface area contributed by atoms with Crippen molar-refractivity contribution in [2.45, 2.75) is 39.2 Å². The number of amides is 1. The Labute approximate surface area is 152 Å². The van der Waals surface area contributed by atoms with Crippen LogP contribution in [0.3, 0.4) is 0 Å². The maximum Gasteiger partial charge on any atom is 0.257 e. The van der Waals surface area contributed by atoms with E-state index in [1.54, 1.807) is 17.0 Å². The van der Waals surface area contributed by atoms with Gasteiger partial charge in [-0.1, -0.05) is 13.8 Å². The highest BCUT2D eigenvalue weighted by Gasteiger charge is 2.39. The highest BCUT2D eigenvalue weighted by Crippen LogP contribution is 2.33. The molecule has 1 fully saturated rings. The molecular weight excluding hydrogens is 334 g/mol. The van der Waals surface area contributed by atoms with Gasteiger partial charge in [0.25, 0.3) is 5.91 Å². The minimum Gasteiger partial charge on any atom is -0.507 e. The lowest BCUT2D eigenvalue weighted by Crippen LogP contribution is -2.52. The smallest absolute Gasteiger partial charge is 0.257 e. The summed E-state index contributed by atoms with van der Waals surface area (Å²) in [5.74, 6) is 0.106. The van der Waals surface area contributed by atoms with Crippen molar-refractivity contribution >= 4 is 5.91 Å². The number of nitrogens with zero attached hydrogens (tertiary/aromatic N) is 5. The van der Waals surface area contributed by atoms with E-state index in [-0.39, 0.29) is 23.1 Å². The van der Waals surface area contributed by atoms with Crippen molar-refractivity contribution in [2.75, 3.05) is 13.1 Å². The number of hydrogen-bond donors (Lipinski definition) is 2. The van der Waals surface area contributed by atoms with Crippen molar-refractivity contribution in [3.05, 3.63) is 30.1 Å². The predicted octanol–water partition coefficient (Wildman–Crippen LogP) is 1.63. The summed E-state index contributed by atoms with van der Waals surface area (Å²) in [6, 6.07) is 4.69. The van der Waals surface area contributed by atoms with E-state index >= 15 is 0 Å². The maximum absolute atomic E-state index is 13.0. The van der Waals surface area contributed by atoms with Crippen LogP contribution in [0.2, 0.25) is 0 Å². The van der Waals surface area contributed by atoms with Gasteiger partial charge in [-0.05, 0) is 54.3 Å². The van der Waals surface area contributed by atoms with Crippen LogP contribution in [0.1, 0.15) is 44.0 Å². The van der Waals surface area contributed by atoms with Gasteiger partial charge in [0.1, 0.15) is 12.1 Å². The van der Waals surface area contributed by atoms with Crippen molar-refractivity contribution in [2.24, 2.45) is 11.8 Å². The summed E-state index contributed by atoms with van der Waals surface area (Å²) in [4.78, 5) is 14.7. The Hall–Kier alpha value is -2.48. The highest BCUT2D eigenvalue weighted by molar-refractivity contribution is 5.97. The number of benzene rings is 1. The maximum atomic E-state index is 13.0. The van der Waals surface area contributed by atoms with Gasteiger partial charge in [-0.2, -0.15) is 0 Å². The lowest BCUT2D eigenvalue weighted by molar-refractivity contribution is -0.0577. The molecule has 2 N–H and O–H groups in total. The first-order valence-electron chi connectivity index (χ1n) is 8.86. The molecule has 1 saturated heterocycles. The van der Waals surface area contributed by atoms with Crippen molar-refractivity contribution in [1.29, 1.82) is 0 Å². The normalized spacial score (nSPS) is 23.4. The largest absolute Gasteiger partial charge is 0.507 e. The summed E-state index contributed by atoms with van der Waals surface area (Å²) in [5.41, 5.74) is 0.0267. The zero-order chi connectivity index (χ0) is 18.9. The fourth-order valence-corrected chi connectivity index (χ4v) is 3.49. The lowest BCUT2D eigenvalue weighted by atomic mass is 9.78. The summed E-state index contributed by atoms with van der Waals surface area (Å²) < 4.78 is 1.43. The second-order valence-electron chi connectivity index (χ2n) is 7.64. The number of phenolic OH excluding ortho intramolecular Hbond substituents is 1. The molecule has 2 heterocycles. The average Bonchev–Trinajstić information content (AvgIpc) is 3.11. The molecule has 1 aromatic heterocycles. The number of aliphatic hydroxyl groups is 1. The number of carbonyl (C=O) groups is 1. The molecule has 2 atom stereocenters. The number of phenols is 1. The lowest BCUT2D eigenvalue weighted by Gasteiger charge is -2.43. The van der Waals surface area contributed by atoms with Gasteiger partial charge in [-0.15, -0.1) is 5.10 Å². The number of aromatic hydroxyl groups is 1. The second-order valence-corrected chi connectivity index (χ2v) is 7.64. The number of likely N-dealkylation sites (tertiary alicyclic amines) is 1. The van der Waals surface area contributed by atoms with Gasteiger partial charge < -0.3 is 15.1 Å². The summed E-state index contributed by atoms with van der Waals surface area (Å²) in [7, 11) is 0. The highest BCUT2D eigenvalue weighted by atomic mass is 16.3. The van der Waals surface area contributed by atoms with Crippen LogP contribution in [0.15, 0.2) is 24.5 Å². The minimum absolute atomic E-state index is 0.00467. The van der Waals surface area contributed by atoms with Crippen LogP contribution in [0, 0.1) is 11.8 Å². The van der Waals surface area contributed by atoms with E-state index in [9.17, 15) is 15.0 Å². The first kappa shape index (κ1) is 18.3. The quantitative estimate of drug-likeness (QED) is 0.860. The topological polar surface area (TPSA) is 104 Å². The monoisotopic (exact) mass is 359 g/mol. The minimum atomic E-state index is -0.780. The molecule has 1 aliphatic heterocycles. The zero-order valence-corrected chi connectivity index (χ0v) is 15.3.